The fraction of sp³-hybridized carbons (Fsp3) is 0.500. The Morgan fingerprint density at radius 2 is 1.78 bits per heavy atom. The van der Waals surface area contributed by atoms with E-state index in [9.17, 15) is 10.2 Å². The van der Waals surface area contributed by atoms with Crippen molar-refractivity contribution in [2.45, 2.75) is 104 Å². The number of aryl methyl sites for hydroxylation is 2. The third-order valence-corrected chi connectivity index (χ3v) is 9.07. The van der Waals surface area contributed by atoms with Crippen molar-refractivity contribution in [3.63, 3.8) is 0 Å². The van der Waals surface area contributed by atoms with Crippen molar-refractivity contribution < 1.29 is 14.6 Å². The van der Waals surface area contributed by atoms with Crippen LogP contribution in [0.4, 0.5) is 9.52 Å². The fourth-order valence-corrected chi connectivity index (χ4v) is 6.74. The van der Waals surface area contributed by atoms with Gasteiger partial charge in [-0.05, 0) is 98.7 Å². The third kappa shape index (κ3) is 7.14. The molecular formula is C34H42ClFN2O2S. The summed E-state index contributed by atoms with van der Waals surface area (Å²) in [6.45, 7) is 15.1. The lowest BCUT2D eigenvalue weighted by molar-refractivity contribution is 0.0808. The third-order valence-electron chi connectivity index (χ3n) is 7.79. The van der Waals surface area contributed by atoms with Crippen LogP contribution in [-0.4, -0.2) is 26.5 Å². The zero-order valence-electron chi connectivity index (χ0n) is 25.4. The van der Waals surface area contributed by atoms with Gasteiger partial charge in [-0.1, -0.05) is 57.3 Å². The minimum atomic E-state index is -1.67. The number of benzene rings is 2. The molecule has 1 aliphatic carbocycles. The minimum absolute atomic E-state index is 0.263. The van der Waals surface area contributed by atoms with Crippen molar-refractivity contribution in [2.24, 2.45) is 5.92 Å². The van der Waals surface area contributed by atoms with Crippen LogP contribution in [-0.2, 0) is 11.8 Å². The number of aromatic nitrogens is 1. The minimum Gasteiger partial charge on any atom is -0.390 e. The zero-order valence-corrected chi connectivity index (χ0v) is 27.0. The molecule has 4 nitrogen and oxygen atoms in total. The molecule has 1 fully saturated rings. The predicted molar refractivity (Wildman–Crippen MR) is 169 cm³/mol. The van der Waals surface area contributed by atoms with E-state index in [4.69, 9.17) is 23.0 Å². The maximum atomic E-state index is 15.4. The first-order valence-electron chi connectivity index (χ1n) is 14.2. The molecule has 2 N–H and O–H groups in total. The number of halogens is 2. The molecule has 0 bridgehead atoms. The van der Waals surface area contributed by atoms with Gasteiger partial charge in [0.15, 0.2) is 5.13 Å². The number of nitrogens with zero attached hydrogens (tertiary/aromatic N) is 2. The van der Waals surface area contributed by atoms with Gasteiger partial charge < -0.3 is 15.1 Å². The average molecular weight is 597 g/mol. The maximum absolute atomic E-state index is 15.4. The average Bonchev–Trinajstić information content (AvgIpc) is 3.59. The largest absolute Gasteiger partial charge is 0.390 e. The van der Waals surface area contributed by atoms with Crippen LogP contribution in [0.15, 0.2) is 30.3 Å². The Morgan fingerprint density at radius 1 is 1.12 bits per heavy atom. The Bertz CT molecular complexity index is 1470. The molecule has 41 heavy (non-hydrogen) atoms. The summed E-state index contributed by atoms with van der Waals surface area (Å²) in [6.07, 6.45) is 9.30. The van der Waals surface area contributed by atoms with Crippen LogP contribution in [0.2, 0.25) is 5.02 Å². The molecule has 0 saturated heterocycles. The van der Waals surface area contributed by atoms with Crippen LogP contribution < -0.4 is 4.90 Å². The van der Waals surface area contributed by atoms with Gasteiger partial charge in [-0.25, -0.2) is 9.37 Å². The van der Waals surface area contributed by atoms with Crippen LogP contribution in [0.5, 0.6) is 0 Å². The van der Waals surface area contributed by atoms with Crippen LogP contribution >= 0.6 is 22.9 Å². The molecule has 0 spiro atoms. The summed E-state index contributed by atoms with van der Waals surface area (Å²) >= 11 is 8.23. The standard InChI is InChI=1S/C34H42ClFN2O2S/c1-10-34(9,40)38(29(16-22-11-12-22)23-13-14-26(28(36)18-23)32(4,5)6)31-37-30(21(3)41-31)25-15-20(2)24(17-27(25)35)19-33(7,8)39/h1,13-15,17-18,22,29,39-40H,11-12,16,19H2,2-9H3. The van der Waals surface area contributed by atoms with E-state index in [0.717, 1.165) is 46.4 Å². The monoisotopic (exact) mass is 596 g/mol. The Labute approximate surface area is 253 Å². The summed E-state index contributed by atoms with van der Waals surface area (Å²) in [4.78, 5) is 7.72. The molecule has 0 amide bonds. The van der Waals surface area contributed by atoms with Crippen LogP contribution in [0, 0.1) is 37.9 Å². The van der Waals surface area contributed by atoms with Gasteiger partial charge in [0, 0.05) is 16.9 Å². The van der Waals surface area contributed by atoms with Crippen molar-refractivity contribution in [1.82, 2.24) is 4.98 Å². The Morgan fingerprint density at radius 3 is 2.32 bits per heavy atom. The maximum Gasteiger partial charge on any atom is 0.201 e. The van der Waals surface area contributed by atoms with Crippen LogP contribution in [0.25, 0.3) is 11.3 Å². The second-order valence-electron chi connectivity index (χ2n) is 13.4. The van der Waals surface area contributed by atoms with E-state index >= 15 is 4.39 Å². The zero-order chi connectivity index (χ0) is 30.5. The number of hydrogen-bond donors (Lipinski definition) is 2. The van der Waals surface area contributed by atoms with Crippen molar-refractivity contribution in [1.29, 1.82) is 0 Å². The first-order chi connectivity index (χ1) is 18.9. The summed E-state index contributed by atoms with van der Waals surface area (Å²) in [5, 5.41) is 23.0. The van der Waals surface area contributed by atoms with Crippen LogP contribution in [0.3, 0.4) is 0 Å². The Balaban J connectivity index is 1.82. The molecule has 1 heterocycles. The molecule has 2 atom stereocenters. The smallest absolute Gasteiger partial charge is 0.201 e. The molecule has 1 aliphatic rings. The molecule has 0 radical (unpaired) electrons. The lowest BCUT2D eigenvalue weighted by atomic mass is 9.85. The van der Waals surface area contributed by atoms with Crippen molar-refractivity contribution in [3.8, 4) is 23.6 Å². The molecule has 1 aromatic heterocycles. The molecular weight excluding hydrogens is 555 g/mol. The quantitative estimate of drug-likeness (QED) is 0.192. The van der Waals surface area contributed by atoms with E-state index in [0.29, 0.717) is 33.8 Å². The Kier molecular flexibility index (Phi) is 8.71. The SMILES string of the molecule is C#CC(C)(O)N(c1nc(-c2cc(C)c(CC(C)(C)O)cc2Cl)c(C)s1)C(CC1CC1)c1ccc(C(C)(C)C)c(F)c1. The first-order valence-corrected chi connectivity index (χ1v) is 15.4. The highest BCUT2D eigenvalue weighted by Gasteiger charge is 2.40. The first kappa shape index (κ1) is 31.5. The Hall–Kier alpha value is -2.43. The molecule has 2 aromatic carbocycles. The summed E-state index contributed by atoms with van der Waals surface area (Å²) < 4.78 is 15.4. The van der Waals surface area contributed by atoms with Gasteiger partial charge in [0.25, 0.3) is 0 Å². The molecule has 7 heteroatoms. The van der Waals surface area contributed by atoms with E-state index < -0.39 is 11.3 Å². The fourth-order valence-electron chi connectivity index (χ4n) is 5.40. The number of aliphatic hydroxyl groups is 2. The summed E-state index contributed by atoms with van der Waals surface area (Å²) in [7, 11) is 0. The van der Waals surface area contributed by atoms with Gasteiger partial charge in [0.05, 0.1) is 22.4 Å². The second kappa shape index (κ2) is 11.3. The highest BCUT2D eigenvalue weighted by molar-refractivity contribution is 7.16. The number of anilines is 1. The van der Waals surface area contributed by atoms with Crippen molar-refractivity contribution >= 4 is 28.1 Å². The van der Waals surface area contributed by atoms with Gasteiger partial charge in [-0.15, -0.1) is 17.8 Å². The summed E-state index contributed by atoms with van der Waals surface area (Å²) in [5.74, 6) is 2.77. The topological polar surface area (TPSA) is 56.6 Å². The van der Waals surface area contributed by atoms with Gasteiger partial charge in [0.1, 0.15) is 5.82 Å². The molecule has 0 aliphatic heterocycles. The summed E-state index contributed by atoms with van der Waals surface area (Å²) in [6, 6.07) is 8.93. The summed E-state index contributed by atoms with van der Waals surface area (Å²) in [5.41, 5.74) is 2.02. The molecule has 2 unspecified atom stereocenters. The van der Waals surface area contributed by atoms with Gasteiger partial charge in [-0.3, -0.25) is 0 Å². The van der Waals surface area contributed by atoms with Gasteiger partial charge in [-0.2, -0.15) is 0 Å². The van der Waals surface area contributed by atoms with Gasteiger partial charge >= 0.3 is 0 Å². The lowest BCUT2D eigenvalue weighted by Crippen LogP contribution is -2.48. The van der Waals surface area contributed by atoms with Crippen LogP contribution in [0.1, 0.15) is 94.0 Å². The normalized spacial score (nSPS) is 16.3. The molecule has 220 valence electrons. The van der Waals surface area contributed by atoms with Crippen molar-refractivity contribution in [2.75, 3.05) is 4.90 Å². The van der Waals surface area contributed by atoms with Crippen molar-refractivity contribution in [3.05, 3.63) is 68.3 Å². The predicted octanol–water partition coefficient (Wildman–Crippen LogP) is 8.52. The van der Waals surface area contributed by atoms with E-state index in [-0.39, 0.29) is 17.3 Å². The number of terminal acetylenes is 1. The molecule has 3 aromatic rings. The highest BCUT2D eigenvalue weighted by Crippen LogP contribution is 2.47. The van der Waals surface area contributed by atoms with E-state index in [1.165, 1.54) is 11.3 Å². The number of thiazole rings is 1. The number of rotatable bonds is 9. The van der Waals surface area contributed by atoms with E-state index in [1.807, 2.05) is 58.9 Å². The number of hydrogen-bond acceptors (Lipinski definition) is 5. The van der Waals surface area contributed by atoms with Gasteiger partial charge in [0.2, 0.25) is 5.72 Å². The lowest BCUT2D eigenvalue weighted by Gasteiger charge is -2.40. The molecule has 1 saturated carbocycles. The second-order valence-corrected chi connectivity index (χ2v) is 15.0. The van der Waals surface area contributed by atoms with E-state index in [2.05, 4.69) is 5.92 Å². The van der Waals surface area contributed by atoms with E-state index in [1.54, 1.807) is 31.7 Å². The molecule has 4 rings (SSSR count). The highest BCUT2D eigenvalue weighted by atomic mass is 35.5.